The monoisotopic (exact) mass is 328 g/mol. The molecule has 0 radical (unpaired) electrons. The largest absolute Gasteiger partial charge is 0.481 e. The van der Waals surface area contributed by atoms with E-state index < -0.39 is 17.2 Å². The molecule has 0 spiro atoms. The summed E-state index contributed by atoms with van der Waals surface area (Å²) in [5, 5.41) is 12.4. The van der Waals surface area contributed by atoms with E-state index in [1.54, 1.807) is 12.1 Å². The molecule has 0 atom stereocenters. The third-order valence-electron chi connectivity index (χ3n) is 4.93. The van der Waals surface area contributed by atoms with E-state index in [1.807, 2.05) is 0 Å². The number of carboxylic acids is 1. The molecular weight excluding hydrogens is 311 g/mol. The van der Waals surface area contributed by atoms with Gasteiger partial charge in [0, 0.05) is 23.5 Å². The van der Waals surface area contributed by atoms with Gasteiger partial charge in [0.05, 0.1) is 16.5 Å². The van der Waals surface area contributed by atoms with Crippen molar-refractivity contribution in [1.29, 1.82) is 0 Å². The zero-order valence-electron chi connectivity index (χ0n) is 13.0. The van der Waals surface area contributed by atoms with Crippen molar-refractivity contribution in [3.05, 3.63) is 41.3 Å². The molecule has 124 valence electrons. The Morgan fingerprint density at radius 1 is 1.29 bits per heavy atom. The third-order valence-corrected chi connectivity index (χ3v) is 4.93. The first-order valence-corrected chi connectivity index (χ1v) is 8.10. The van der Waals surface area contributed by atoms with E-state index in [0.717, 1.165) is 18.5 Å². The lowest BCUT2D eigenvalue weighted by atomic mass is 10.0. The number of nitrogens with zero attached hydrogens (tertiary/aromatic N) is 1. The highest BCUT2D eigenvalue weighted by molar-refractivity contribution is 6.06. The molecule has 1 heterocycles. The number of aromatic nitrogens is 1. The molecule has 0 unspecified atom stereocenters. The number of rotatable bonds is 5. The molecule has 2 aliphatic rings. The standard InChI is InChI=1S/C18H17FN2O3/c19-11-3-4-14-12(7-11)13(8-15(21-14)10-1-2-10)16(22)20-9-18(5-6-18)17(23)24/h3-4,7-8,10H,1-2,5-6,9H2,(H,20,22)(H,23,24). The lowest BCUT2D eigenvalue weighted by Crippen LogP contribution is -2.34. The molecule has 0 saturated heterocycles. The van der Waals surface area contributed by atoms with Crippen LogP contribution < -0.4 is 5.32 Å². The van der Waals surface area contributed by atoms with E-state index in [9.17, 15) is 19.1 Å². The van der Waals surface area contributed by atoms with Gasteiger partial charge in [-0.3, -0.25) is 14.6 Å². The van der Waals surface area contributed by atoms with Crippen molar-refractivity contribution in [3.8, 4) is 0 Å². The smallest absolute Gasteiger partial charge is 0.311 e. The number of hydrogen-bond acceptors (Lipinski definition) is 3. The van der Waals surface area contributed by atoms with E-state index in [4.69, 9.17) is 0 Å². The second kappa shape index (κ2) is 5.26. The summed E-state index contributed by atoms with van der Waals surface area (Å²) in [7, 11) is 0. The number of carboxylic acid groups (broad SMARTS) is 1. The summed E-state index contributed by atoms with van der Waals surface area (Å²) >= 11 is 0. The van der Waals surface area contributed by atoms with Gasteiger partial charge in [-0.15, -0.1) is 0 Å². The van der Waals surface area contributed by atoms with E-state index in [-0.39, 0.29) is 12.5 Å². The van der Waals surface area contributed by atoms with E-state index >= 15 is 0 Å². The predicted octanol–water partition coefficient (Wildman–Crippen LogP) is 2.85. The lowest BCUT2D eigenvalue weighted by molar-refractivity contribution is -0.143. The Bertz CT molecular complexity index is 857. The number of carbonyl (C=O) groups is 2. The van der Waals surface area contributed by atoms with Gasteiger partial charge in [-0.05, 0) is 49.9 Å². The number of amides is 1. The van der Waals surface area contributed by atoms with Gasteiger partial charge < -0.3 is 10.4 Å². The molecule has 0 bridgehead atoms. The highest BCUT2D eigenvalue weighted by atomic mass is 19.1. The van der Waals surface area contributed by atoms with Crippen molar-refractivity contribution in [3.63, 3.8) is 0 Å². The summed E-state index contributed by atoms with van der Waals surface area (Å²) in [5.74, 6) is -1.32. The van der Waals surface area contributed by atoms with Crippen LogP contribution in [0.2, 0.25) is 0 Å². The lowest BCUT2D eigenvalue weighted by Gasteiger charge is -2.13. The van der Waals surface area contributed by atoms with Crippen LogP contribution in [0, 0.1) is 11.2 Å². The Kier molecular flexibility index (Phi) is 3.30. The van der Waals surface area contributed by atoms with Gasteiger partial charge in [-0.2, -0.15) is 0 Å². The molecule has 2 N–H and O–H groups in total. The van der Waals surface area contributed by atoms with Crippen LogP contribution in [-0.2, 0) is 4.79 Å². The van der Waals surface area contributed by atoms with Gasteiger partial charge in [0.25, 0.3) is 5.91 Å². The zero-order chi connectivity index (χ0) is 16.9. The Labute approximate surface area is 137 Å². The molecule has 2 aromatic rings. The van der Waals surface area contributed by atoms with Gasteiger partial charge in [-0.25, -0.2) is 4.39 Å². The summed E-state index contributed by atoms with van der Waals surface area (Å²) < 4.78 is 13.6. The Morgan fingerprint density at radius 2 is 2.04 bits per heavy atom. The highest BCUT2D eigenvalue weighted by Gasteiger charge is 2.50. The second-order valence-electron chi connectivity index (χ2n) is 6.80. The maximum atomic E-state index is 13.6. The Hall–Kier alpha value is -2.50. The molecule has 2 aliphatic carbocycles. The maximum Gasteiger partial charge on any atom is 0.311 e. The molecule has 1 amide bonds. The Balaban J connectivity index is 1.67. The van der Waals surface area contributed by atoms with Crippen molar-refractivity contribution in [1.82, 2.24) is 10.3 Å². The summed E-state index contributed by atoms with van der Waals surface area (Å²) in [6.07, 6.45) is 3.23. The summed E-state index contributed by atoms with van der Waals surface area (Å²) in [6.45, 7) is 0.0963. The Morgan fingerprint density at radius 3 is 2.67 bits per heavy atom. The third kappa shape index (κ3) is 2.62. The molecule has 5 nitrogen and oxygen atoms in total. The SMILES string of the molecule is O=C(NCC1(C(=O)O)CC1)c1cc(C2CC2)nc2ccc(F)cc12. The first kappa shape index (κ1) is 15.1. The van der Waals surface area contributed by atoms with Crippen LogP contribution >= 0.6 is 0 Å². The predicted molar refractivity (Wildman–Crippen MR) is 85.3 cm³/mol. The topological polar surface area (TPSA) is 79.3 Å². The van der Waals surface area contributed by atoms with Crippen LogP contribution in [0.3, 0.4) is 0 Å². The molecule has 6 heteroatoms. The fourth-order valence-electron chi connectivity index (χ4n) is 2.96. The zero-order valence-corrected chi connectivity index (χ0v) is 13.0. The van der Waals surface area contributed by atoms with Crippen molar-refractivity contribution in [2.24, 2.45) is 5.41 Å². The van der Waals surface area contributed by atoms with Gasteiger partial charge in [-0.1, -0.05) is 0 Å². The van der Waals surface area contributed by atoms with Gasteiger partial charge in [0.1, 0.15) is 5.82 Å². The molecule has 4 rings (SSSR count). The minimum absolute atomic E-state index is 0.0963. The molecule has 1 aromatic heterocycles. The fraction of sp³-hybridized carbons (Fsp3) is 0.389. The van der Waals surface area contributed by atoms with Gasteiger partial charge in [0.15, 0.2) is 0 Å². The highest BCUT2D eigenvalue weighted by Crippen LogP contribution is 2.45. The van der Waals surface area contributed by atoms with Crippen LogP contribution in [0.1, 0.15) is 47.7 Å². The minimum Gasteiger partial charge on any atom is -0.481 e. The number of halogens is 1. The average molecular weight is 328 g/mol. The van der Waals surface area contributed by atoms with Crippen LogP contribution in [0.4, 0.5) is 4.39 Å². The molecular formula is C18H17FN2O3. The number of carbonyl (C=O) groups excluding carboxylic acids is 1. The quantitative estimate of drug-likeness (QED) is 0.884. The number of fused-ring (bicyclic) bond motifs is 1. The normalized spacial score (nSPS) is 18.4. The van der Waals surface area contributed by atoms with Crippen molar-refractivity contribution >= 4 is 22.8 Å². The number of benzene rings is 1. The van der Waals surface area contributed by atoms with Crippen LogP contribution in [-0.4, -0.2) is 28.5 Å². The van der Waals surface area contributed by atoms with Gasteiger partial charge in [0.2, 0.25) is 0 Å². The van der Waals surface area contributed by atoms with Crippen LogP contribution in [0.5, 0.6) is 0 Å². The molecule has 2 fully saturated rings. The number of hydrogen-bond donors (Lipinski definition) is 2. The summed E-state index contributed by atoms with van der Waals surface area (Å²) in [4.78, 5) is 28.4. The van der Waals surface area contributed by atoms with Gasteiger partial charge >= 0.3 is 5.97 Å². The van der Waals surface area contributed by atoms with E-state index in [1.165, 1.54) is 12.1 Å². The minimum atomic E-state index is -0.882. The molecule has 24 heavy (non-hydrogen) atoms. The number of pyridine rings is 1. The maximum absolute atomic E-state index is 13.6. The molecule has 2 saturated carbocycles. The van der Waals surface area contributed by atoms with E-state index in [0.29, 0.717) is 35.2 Å². The summed E-state index contributed by atoms with van der Waals surface area (Å²) in [6, 6.07) is 5.93. The number of nitrogens with one attached hydrogen (secondary N) is 1. The molecule has 0 aliphatic heterocycles. The van der Waals surface area contributed by atoms with E-state index in [2.05, 4.69) is 10.3 Å². The molecule has 1 aromatic carbocycles. The number of aliphatic carboxylic acids is 1. The second-order valence-corrected chi connectivity index (χ2v) is 6.80. The average Bonchev–Trinajstić information content (AvgIpc) is 3.45. The summed E-state index contributed by atoms with van der Waals surface area (Å²) in [5.41, 5.74) is 0.967. The van der Waals surface area contributed by atoms with Crippen LogP contribution in [0.15, 0.2) is 24.3 Å². The first-order valence-electron chi connectivity index (χ1n) is 8.10. The van der Waals surface area contributed by atoms with Crippen molar-refractivity contribution in [2.45, 2.75) is 31.6 Å². The van der Waals surface area contributed by atoms with Crippen molar-refractivity contribution < 1.29 is 19.1 Å². The first-order chi connectivity index (χ1) is 11.5. The van der Waals surface area contributed by atoms with Crippen molar-refractivity contribution in [2.75, 3.05) is 6.54 Å². The fourth-order valence-corrected chi connectivity index (χ4v) is 2.96. The van der Waals surface area contributed by atoms with Crippen LogP contribution in [0.25, 0.3) is 10.9 Å².